The molecule has 1 aromatic heterocycles. The number of hydrogen-bond acceptors (Lipinski definition) is 3. The molecule has 1 aliphatic carbocycles. The first-order chi connectivity index (χ1) is 10.7. The van der Waals surface area contributed by atoms with Gasteiger partial charge in [0.15, 0.2) is 0 Å². The molecule has 0 saturated heterocycles. The second kappa shape index (κ2) is 6.39. The topological polar surface area (TPSA) is 63.5 Å². The van der Waals surface area contributed by atoms with Crippen LogP contribution >= 0.6 is 0 Å². The Labute approximate surface area is 128 Å². The van der Waals surface area contributed by atoms with E-state index in [2.05, 4.69) is 16.6 Å². The first-order valence-corrected chi connectivity index (χ1v) is 7.33. The number of hydrazone groups is 1. The summed E-state index contributed by atoms with van der Waals surface area (Å²) in [6.07, 6.45) is 4.51. The summed E-state index contributed by atoms with van der Waals surface area (Å²) < 4.78 is 1.35. The molecule has 22 heavy (non-hydrogen) atoms. The fraction of sp³-hybridized carbons (Fsp3) is 0.235. The standard InChI is InChI=1S/C17H17N3O2/c21-16(12-20-11-4-3-10-17(20)22)19-18-15-9-5-7-13-6-1-2-8-14(13)15/h1-4,6,8,10-11H,5,7,9,12H2,(H,19,21)/b18-15-. The van der Waals surface area contributed by atoms with Crippen LogP contribution < -0.4 is 11.0 Å². The molecule has 0 aliphatic heterocycles. The van der Waals surface area contributed by atoms with E-state index in [9.17, 15) is 9.59 Å². The van der Waals surface area contributed by atoms with Crippen molar-refractivity contribution in [2.75, 3.05) is 0 Å². The molecule has 1 amide bonds. The Morgan fingerprint density at radius 2 is 1.95 bits per heavy atom. The zero-order chi connectivity index (χ0) is 15.4. The summed E-state index contributed by atoms with van der Waals surface area (Å²) in [5.41, 5.74) is 5.62. The van der Waals surface area contributed by atoms with E-state index in [4.69, 9.17) is 0 Å². The number of nitrogens with zero attached hydrogens (tertiary/aromatic N) is 2. The van der Waals surface area contributed by atoms with E-state index in [0.29, 0.717) is 0 Å². The van der Waals surface area contributed by atoms with Crippen molar-refractivity contribution >= 4 is 11.6 Å². The number of pyridine rings is 1. The van der Waals surface area contributed by atoms with Crippen LogP contribution in [0.1, 0.15) is 24.0 Å². The van der Waals surface area contributed by atoms with E-state index >= 15 is 0 Å². The first kappa shape index (κ1) is 14.3. The molecular weight excluding hydrogens is 278 g/mol. The molecule has 0 radical (unpaired) electrons. The summed E-state index contributed by atoms with van der Waals surface area (Å²) >= 11 is 0. The minimum Gasteiger partial charge on any atom is -0.306 e. The molecule has 0 spiro atoms. The quantitative estimate of drug-likeness (QED) is 0.876. The minimum absolute atomic E-state index is 0.0297. The Morgan fingerprint density at radius 1 is 1.14 bits per heavy atom. The second-order valence-electron chi connectivity index (χ2n) is 5.27. The van der Waals surface area contributed by atoms with Crippen LogP contribution in [0.3, 0.4) is 0 Å². The summed E-state index contributed by atoms with van der Waals surface area (Å²) in [5, 5.41) is 4.25. The highest BCUT2D eigenvalue weighted by Gasteiger charge is 2.15. The monoisotopic (exact) mass is 295 g/mol. The maximum Gasteiger partial charge on any atom is 0.260 e. The molecule has 5 heteroatoms. The van der Waals surface area contributed by atoms with Gasteiger partial charge in [-0.25, -0.2) is 5.43 Å². The van der Waals surface area contributed by atoms with Gasteiger partial charge in [0.1, 0.15) is 6.54 Å². The molecule has 1 N–H and O–H groups in total. The molecule has 1 heterocycles. The van der Waals surface area contributed by atoms with Crippen LogP contribution in [0, 0.1) is 0 Å². The molecule has 0 saturated carbocycles. The molecule has 3 rings (SSSR count). The van der Waals surface area contributed by atoms with Gasteiger partial charge in [-0.15, -0.1) is 0 Å². The van der Waals surface area contributed by atoms with Crippen LogP contribution in [0.25, 0.3) is 0 Å². The van der Waals surface area contributed by atoms with E-state index in [1.54, 1.807) is 18.3 Å². The lowest BCUT2D eigenvalue weighted by Gasteiger charge is -2.17. The van der Waals surface area contributed by atoms with E-state index in [1.165, 1.54) is 16.2 Å². The van der Waals surface area contributed by atoms with Gasteiger partial charge in [0.05, 0.1) is 5.71 Å². The van der Waals surface area contributed by atoms with E-state index < -0.39 is 0 Å². The number of carbonyl (C=O) groups excluding carboxylic acids is 1. The zero-order valence-electron chi connectivity index (χ0n) is 12.2. The number of benzene rings is 1. The molecule has 2 aromatic rings. The molecular formula is C17H17N3O2. The summed E-state index contributed by atoms with van der Waals surface area (Å²) in [6, 6.07) is 12.9. The summed E-state index contributed by atoms with van der Waals surface area (Å²) in [5.74, 6) is -0.302. The number of nitrogens with one attached hydrogen (secondary N) is 1. The molecule has 0 fully saturated rings. The Kier molecular flexibility index (Phi) is 4.14. The van der Waals surface area contributed by atoms with Crippen LogP contribution in [-0.2, 0) is 17.8 Å². The van der Waals surface area contributed by atoms with Gasteiger partial charge in [-0.1, -0.05) is 30.3 Å². The highest BCUT2D eigenvalue weighted by molar-refractivity contribution is 6.03. The molecule has 5 nitrogen and oxygen atoms in total. The van der Waals surface area contributed by atoms with Gasteiger partial charge in [0.2, 0.25) is 0 Å². The molecule has 0 unspecified atom stereocenters. The SMILES string of the molecule is O=C(Cn1ccccc1=O)N/N=C1/CCCc2ccccc21. The number of aryl methyl sites for hydroxylation is 1. The van der Waals surface area contributed by atoms with E-state index in [1.807, 2.05) is 18.2 Å². The molecule has 0 bridgehead atoms. The van der Waals surface area contributed by atoms with Crippen molar-refractivity contribution in [1.29, 1.82) is 0 Å². The van der Waals surface area contributed by atoms with Crippen LogP contribution in [0.4, 0.5) is 0 Å². The lowest BCUT2D eigenvalue weighted by atomic mass is 9.90. The Bertz CT molecular complexity index is 777. The van der Waals surface area contributed by atoms with E-state index in [-0.39, 0.29) is 18.0 Å². The van der Waals surface area contributed by atoms with Crippen LogP contribution in [0.5, 0.6) is 0 Å². The van der Waals surface area contributed by atoms with Crippen molar-refractivity contribution in [3.63, 3.8) is 0 Å². The van der Waals surface area contributed by atoms with Crippen molar-refractivity contribution in [3.05, 3.63) is 70.1 Å². The van der Waals surface area contributed by atoms with Crippen molar-refractivity contribution in [2.45, 2.75) is 25.8 Å². The van der Waals surface area contributed by atoms with Crippen molar-refractivity contribution < 1.29 is 4.79 Å². The molecule has 112 valence electrons. The van der Waals surface area contributed by atoms with Crippen molar-refractivity contribution in [1.82, 2.24) is 9.99 Å². The number of rotatable bonds is 3. The fourth-order valence-corrected chi connectivity index (χ4v) is 2.63. The third kappa shape index (κ3) is 3.14. The predicted octanol–water partition coefficient (Wildman–Crippen LogP) is 1.71. The van der Waals surface area contributed by atoms with Crippen LogP contribution in [0.2, 0.25) is 0 Å². The van der Waals surface area contributed by atoms with Gasteiger partial charge < -0.3 is 4.57 Å². The number of hydrogen-bond donors (Lipinski definition) is 1. The smallest absolute Gasteiger partial charge is 0.260 e. The van der Waals surface area contributed by atoms with Gasteiger partial charge in [-0.2, -0.15) is 5.10 Å². The average Bonchev–Trinajstić information content (AvgIpc) is 2.55. The third-order valence-corrected chi connectivity index (χ3v) is 3.72. The van der Waals surface area contributed by atoms with Gasteiger partial charge in [0, 0.05) is 17.8 Å². The Morgan fingerprint density at radius 3 is 2.82 bits per heavy atom. The number of fused-ring (bicyclic) bond motifs is 1. The zero-order valence-corrected chi connectivity index (χ0v) is 12.2. The lowest BCUT2D eigenvalue weighted by molar-refractivity contribution is -0.121. The summed E-state index contributed by atoms with van der Waals surface area (Å²) in [6.45, 7) is -0.0297. The highest BCUT2D eigenvalue weighted by atomic mass is 16.2. The van der Waals surface area contributed by atoms with E-state index in [0.717, 1.165) is 30.5 Å². The predicted molar refractivity (Wildman–Crippen MR) is 84.8 cm³/mol. The van der Waals surface area contributed by atoms with Gasteiger partial charge in [0.25, 0.3) is 11.5 Å². The second-order valence-corrected chi connectivity index (χ2v) is 5.27. The largest absolute Gasteiger partial charge is 0.306 e. The lowest BCUT2D eigenvalue weighted by Crippen LogP contribution is -2.30. The van der Waals surface area contributed by atoms with Crippen LogP contribution in [0.15, 0.2) is 58.6 Å². The van der Waals surface area contributed by atoms with Crippen molar-refractivity contribution in [2.24, 2.45) is 5.10 Å². The Hall–Kier alpha value is -2.69. The maximum absolute atomic E-state index is 11.9. The molecule has 1 aliphatic rings. The summed E-state index contributed by atoms with van der Waals surface area (Å²) in [4.78, 5) is 23.5. The minimum atomic E-state index is -0.302. The Balaban J connectivity index is 1.71. The highest BCUT2D eigenvalue weighted by Crippen LogP contribution is 2.20. The normalized spacial score (nSPS) is 15.4. The summed E-state index contributed by atoms with van der Waals surface area (Å²) in [7, 11) is 0. The van der Waals surface area contributed by atoms with Gasteiger partial charge in [-0.3, -0.25) is 9.59 Å². The maximum atomic E-state index is 11.9. The molecule has 0 atom stereocenters. The average molecular weight is 295 g/mol. The van der Waals surface area contributed by atoms with Gasteiger partial charge in [-0.05, 0) is 30.9 Å². The number of amides is 1. The first-order valence-electron chi connectivity index (χ1n) is 7.33. The van der Waals surface area contributed by atoms with Crippen molar-refractivity contribution in [3.8, 4) is 0 Å². The fourth-order valence-electron chi connectivity index (χ4n) is 2.63. The third-order valence-electron chi connectivity index (χ3n) is 3.72. The van der Waals surface area contributed by atoms with Crippen LogP contribution in [-0.4, -0.2) is 16.2 Å². The number of aromatic nitrogens is 1. The molecule has 1 aromatic carbocycles. The van der Waals surface area contributed by atoms with Gasteiger partial charge >= 0.3 is 0 Å². The number of carbonyl (C=O) groups is 1.